The van der Waals surface area contributed by atoms with Gasteiger partial charge in [0.05, 0.1) is 12.0 Å². The molecule has 0 aliphatic heterocycles. The number of hydrogen-bond donors (Lipinski definition) is 1. The van der Waals surface area contributed by atoms with Crippen LogP contribution in [-0.2, 0) is 0 Å². The van der Waals surface area contributed by atoms with E-state index in [1.807, 2.05) is 0 Å². The third kappa shape index (κ3) is 3.26. The second-order valence-electron chi connectivity index (χ2n) is 7.35. The van der Waals surface area contributed by atoms with Gasteiger partial charge >= 0.3 is 0 Å². The van der Waals surface area contributed by atoms with E-state index in [0.717, 1.165) is 12.3 Å². The summed E-state index contributed by atoms with van der Waals surface area (Å²) in [5.74, 6) is 1.15. The highest BCUT2D eigenvalue weighted by Gasteiger charge is 2.33. The minimum Gasteiger partial charge on any atom is -0.310 e. The first-order valence-electron chi connectivity index (χ1n) is 7.66. The normalized spacial score (nSPS) is 37.4. The summed E-state index contributed by atoms with van der Waals surface area (Å²) in [4.78, 5) is 0. The molecule has 0 radical (unpaired) electrons. The lowest BCUT2D eigenvalue weighted by Gasteiger charge is -2.38. The molecule has 0 amide bonds. The van der Waals surface area contributed by atoms with Gasteiger partial charge in [0.2, 0.25) is 0 Å². The van der Waals surface area contributed by atoms with Crippen LogP contribution in [0.4, 0.5) is 0 Å². The molecule has 0 bridgehead atoms. The van der Waals surface area contributed by atoms with E-state index in [4.69, 9.17) is 5.26 Å². The van der Waals surface area contributed by atoms with Crippen molar-refractivity contribution in [1.82, 2.24) is 5.32 Å². The maximum absolute atomic E-state index is 9.12. The molecule has 0 saturated heterocycles. The average Bonchev–Trinajstić information content (AvgIpc) is 2.76. The summed E-state index contributed by atoms with van der Waals surface area (Å²) in [6, 6.07) is 3.62. The van der Waals surface area contributed by atoms with Crippen LogP contribution in [0.5, 0.6) is 0 Å². The van der Waals surface area contributed by atoms with Gasteiger partial charge in [0.15, 0.2) is 0 Å². The summed E-state index contributed by atoms with van der Waals surface area (Å²) in [7, 11) is 0. The van der Waals surface area contributed by atoms with Gasteiger partial charge in [-0.15, -0.1) is 0 Å². The van der Waals surface area contributed by atoms with Gasteiger partial charge in [-0.1, -0.05) is 27.2 Å². The van der Waals surface area contributed by atoms with Crippen LogP contribution in [0.15, 0.2) is 0 Å². The van der Waals surface area contributed by atoms with Crippen LogP contribution in [0, 0.1) is 28.6 Å². The average molecular weight is 248 g/mol. The first-order valence-corrected chi connectivity index (χ1v) is 7.66. The molecular weight excluding hydrogens is 220 g/mol. The molecule has 0 heterocycles. The monoisotopic (exact) mass is 248 g/mol. The zero-order valence-corrected chi connectivity index (χ0v) is 12.2. The fourth-order valence-corrected chi connectivity index (χ4v) is 3.74. The molecule has 2 unspecified atom stereocenters. The Morgan fingerprint density at radius 2 is 1.67 bits per heavy atom. The van der Waals surface area contributed by atoms with Crippen molar-refractivity contribution in [3.8, 4) is 6.07 Å². The zero-order valence-electron chi connectivity index (χ0n) is 12.2. The van der Waals surface area contributed by atoms with Crippen molar-refractivity contribution in [2.75, 3.05) is 0 Å². The van der Waals surface area contributed by atoms with Crippen LogP contribution < -0.4 is 5.32 Å². The lowest BCUT2D eigenvalue weighted by molar-refractivity contribution is 0.154. The molecule has 2 nitrogen and oxygen atoms in total. The van der Waals surface area contributed by atoms with Crippen molar-refractivity contribution in [2.24, 2.45) is 17.3 Å². The molecule has 2 heteroatoms. The van der Waals surface area contributed by atoms with Crippen LogP contribution in [0.1, 0.15) is 65.7 Å². The molecule has 2 aliphatic carbocycles. The predicted molar refractivity (Wildman–Crippen MR) is 75.1 cm³/mol. The summed E-state index contributed by atoms with van der Waals surface area (Å²) in [6.45, 7) is 7.11. The Morgan fingerprint density at radius 3 is 2.22 bits per heavy atom. The van der Waals surface area contributed by atoms with Gasteiger partial charge < -0.3 is 5.32 Å². The van der Waals surface area contributed by atoms with E-state index >= 15 is 0 Å². The van der Waals surface area contributed by atoms with Gasteiger partial charge in [0, 0.05) is 12.1 Å². The molecule has 2 atom stereocenters. The number of nitrogens with one attached hydrogen (secondary N) is 1. The van der Waals surface area contributed by atoms with Crippen LogP contribution in [0.25, 0.3) is 0 Å². The van der Waals surface area contributed by atoms with E-state index in [1.54, 1.807) is 0 Å². The minimum atomic E-state index is 0.269. The number of nitrogens with zero attached hydrogens (tertiary/aromatic N) is 1. The Morgan fingerprint density at radius 1 is 1.00 bits per heavy atom. The highest BCUT2D eigenvalue weighted by atomic mass is 15.0. The van der Waals surface area contributed by atoms with Crippen LogP contribution >= 0.6 is 0 Å². The molecule has 18 heavy (non-hydrogen) atoms. The summed E-state index contributed by atoms with van der Waals surface area (Å²) in [5, 5.41) is 12.9. The van der Waals surface area contributed by atoms with E-state index in [-0.39, 0.29) is 5.92 Å². The predicted octanol–water partition coefficient (Wildman–Crippen LogP) is 3.87. The van der Waals surface area contributed by atoms with Crippen molar-refractivity contribution in [2.45, 2.75) is 77.8 Å². The summed E-state index contributed by atoms with van der Waals surface area (Å²) in [6.07, 6.45) is 8.85. The first-order chi connectivity index (χ1) is 8.50. The number of nitriles is 1. The molecule has 0 aromatic carbocycles. The Balaban J connectivity index is 1.79. The van der Waals surface area contributed by atoms with Gasteiger partial charge in [-0.05, 0) is 49.9 Å². The standard InChI is InChI=1S/C16H28N2/c1-16(2,3)13-7-9-14(10-8-13)18-15-6-4-5-12(15)11-17/h12-15,18H,4-10H2,1-3H3. The Bertz CT molecular complexity index is 302. The molecule has 2 fully saturated rings. The van der Waals surface area contributed by atoms with Crippen molar-refractivity contribution in [3.63, 3.8) is 0 Å². The van der Waals surface area contributed by atoms with E-state index in [0.29, 0.717) is 17.5 Å². The topological polar surface area (TPSA) is 35.8 Å². The minimum absolute atomic E-state index is 0.269. The highest BCUT2D eigenvalue weighted by Crippen LogP contribution is 2.38. The first kappa shape index (κ1) is 13.9. The summed E-state index contributed by atoms with van der Waals surface area (Å²) in [5.41, 5.74) is 0.466. The Hall–Kier alpha value is -0.550. The Kier molecular flexibility index (Phi) is 4.33. The van der Waals surface area contributed by atoms with E-state index < -0.39 is 0 Å². The molecule has 2 aliphatic rings. The van der Waals surface area contributed by atoms with Gasteiger partial charge in [-0.2, -0.15) is 5.26 Å². The fourth-order valence-electron chi connectivity index (χ4n) is 3.74. The molecule has 0 spiro atoms. The second-order valence-corrected chi connectivity index (χ2v) is 7.35. The maximum Gasteiger partial charge on any atom is 0.0672 e. The fraction of sp³-hybridized carbons (Fsp3) is 0.938. The number of rotatable bonds is 2. The van der Waals surface area contributed by atoms with Crippen molar-refractivity contribution >= 4 is 0 Å². The summed E-state index contributed by atoms with van der Waals surface area (Å²) >= 11 is 0. The van der Waals surface area contributed by atoms with Crippen molar-refractivity contribution in [1.29, 1.82) is 5.26 Å². The Labute approximate surface area is 112 Å². The van der Waals surface area contributed by atoms with Crippen molar-refractivity contribution in [3.05, 3.63) is 0 Å². The van der Waals surface area contributed by atoms with Crippen LogP contribution in [0.3, 0.4) is 0 Å². The molecule has 102 valence electrons. The van der Waals surface area contributed by atoms with E-state index in [1.165, 1.54) is 38.5 Å². The molecule has 2 rings (SSSR count). The molecule has 1 N–H and O–H groups in total. The second kappa shape index (κ2) is 5.61. The van der Waals surface area contributed by atoms with Gasteiger partial charge in [0.25, 0.3) is 0 Å². The van der Waals surface area contributed by atoms with Gasteiger partial charge in [-0.3, -0.25) is 0 Å². The van der Waals surface area contributed by atoms with Crippen LogP contribution in [0.2, 0.25) is 0 Å². The highest BCUT2D eigenvalue weighted by molar-refractivity contribution is 4.98. The van der Waals surface area contributed by atoms with E-state index in [2.05, 4.69) is 32.2 Å². The molecule has 0 aromatic rings. The lowest BCUT2D eigenvalue weighted by Crippen LogP contribution is -2.43. The third-order valence-corrected chi connectivity index (χ3v) is 5.08. The zero-order chi connectivity index (χ0) is 13.2. The smallest absolute Gasteiger partial charge is 0.0672 e. The van der Waals surface area contributed by atoms with E-state index in [9.17, 15) is 0 Å². The maximum atomic E-state index is 9.12. The largest absolute Gasteiger partial charge is 0.310 e. The third-order valence-electron chi connectivity index (χ3n) is 5.08. The quantitative estimate of drug-likeness (QED) is 0.805. The van der Waals surface area contributed by atoms with Gasteiger partial charge in [0.1, 0.15) is 0 Å². The number of hydrogen-bond acceptors (Lipinski definition) is 2. The van der Waals surface area contributed by atoms with Crippen molar-refractivity contribution < 1.29 is 0 Å². The molecular formula is C16H28N2. The summed E-state index contributed by atoms with van der Waals surface area (Å²) < 4.78 is 0. The SMILES string of the molecule is CC(C)(C)C1CCC(NC2CCCC2C#N)CC1. The van der Waals surface area contributed by atoms with Crippen LogP contribution in [-0.4, -0.2) is 12.1 Å². The van der Waals surface area contributed by atoms with Gasteiger partial charge in [-0.25, -0.2) is 0 Å². The molecule has 0 aromatic heterocycles. The lowest BCUT2D eigenvalue weighted by atomic mass is 9.71. The molecule has 2 saturated carbocycles.